The fourth-order valence-corrected chi connectivity index (χ4v) is 3.88. The molecule has 1 aliphatic rings. The fourth-order valence-electron chi connectivity index (χ4n) is 3.88. The first kappa shape index (κ1) is 22.2. The zero-order chi connectivity index (χ0) is 21.3. The van der Waals surface area contributed by atoms with Gasteiger partial charge in [-0.2, -0.15) is 8.78 Å². The summed E-state index contributed by atoms with van der Waals surface area (Å²) in [5.74, 6) is 0.158. The minimum atomic E-state index is -2.84. The molecule has 1 amide bonds. The number of alkyl halides is 2. The zero-order valence-corrected chi connectivity index (χ0v) is 16.8. The molecule has 0 bridgehead atoms. The first-order valence-corrected chi connectivity index (χ1v) is 10.3. The maximum Gasteiger partial charge on any atom is 0.387 e. The van der Waals surface area contributed by atoms with Gasteiger partial charge < -0.3 is 10.1 Å². The van der Waals surface area contributed by atoms with E-state index in [2.05, 4.69) is 15.0 Å². The SMILES string of the molecule is O=C(CCC1CCCN(Cc2ccccc2OC(F)F)C1)NCc1ccccc1F. The van der Waals surface area contributed by atoms with Crippen LogP contribution in [0.1, 0.15) is 36.8 Å². The van der Waals surface area contributed by atoms with Crippen LogP contribution in [0.2, 0.25) is 0 Å². The average molecular weight is 420 g/mol. The standard InChI is InChI=1S/C23H27F3N2O2/c24-20-9-3-1-7-18(20)14-27-22(29)12-11-17-6-5-13-28(15-17)16-19-8-2-4-10-21(19)30-23(25)26/h1-4,7-10,17,23H,5-6,11-16H2,(H,27,29). The monoisotopic (exact) mass is 420 g/mol. The molecule has 0 aliphatic carbocycles. The van der Waals surface area contributed by atoms with Crippen molar-refractivity contribution in [3.8, 4) is 5.75 Å². The van der Waals surface area contributed by atoms with Gasteiger partial charge in [-0.1, -0.05) is 36.4 Å². The van der Waals surface area contributed by atoms with Crippen molar-refractivity contribution in [3.63, 3.8) is 0 Å². The Morgan fingerprint density at radius 3 is 2.63 bits per heavy atom. The molecule has 0 aromatic heterocycles. The lowest BCUT2D eigenvalue weighted by Crippen LogP contribution is -2.35. The van der Waals surface area contributed by atoms with E-state index in [1.54, 1.807) is 36.4 Å². The lowest BCUT2D eigenvalue weighted by Gasteiger charge is -2.33. The fraction of sp³-hybridized carbons (Fsp3) is 0.435. The highest BCUT2D eigenvalue weighted by Gasteiger charge is 2.22. The second-order valence-corrected chi connectivity index (χ2v) is 7.64. The van der Waals surface area contributed by atoms with Crippen LogP contribution in [0, 0.1) is 11.7 Å². The van der Waals surface area contributed by atoms with E-state index in [9.17, 15) is 18.0 Å². The molecule has 1 unspecified atom stereocenters. The molecule has 3 rings (SSSR count). The van der Waals surface area contributed by atoms with Crippen LogP contribution in [0.15, 0.2) is 48.5 Å². The number of ether oxygens (including phenoxy) is 1. The predicted molar refractivity (Wildman–Crippen MR) is 109 cm³/mol. The number of nitrogens with one attached hydrogen (secondary N) is 1. The lowest BCUT2D eigenvalue weighted by atomic mass is 9.93. The minimum Gasteiger partial charge on any atom is -0.434 e. The van der Waals surface area contributed by atoms with Crippen LogP contribution < -0.4 is 10.1 Å². The van der Waals surface area contributed by atoms with E-state index in [4.69, 9.17) is 0 Å². The van der Waals surface area contributed by atoms with Crippen LogP contribution in [0.5, 0.6) is 5.75 Å². The number of rotatable bonds is 9. The third-order valence-corrected chi connectivity index (χ3v) is 5.40. The van der Waals surface area contributed by atoms with E-state index in [0.29, 0.717) is 24.4 Å². The number of amides is 1. The average Bonchev–Trinajstić information content (AvgIpc) is 2.73. The number of carbonyl (C=O) groups excluding carboxylic acids is 1. The van der Waals surface area contributed by atoms with Gasteiger partial charge in [-0.25, -0.2) is 4.39 Å². The maximum absolute atomic E-state index is 13.6. The van der Waals surface area contributed by atoms with Crippen LogP contribution in [0.25, 0.3) is 0 Å². The summed E-state index contributed by atoms with van der Waals surface area (Å²) >= 11 is 0. The molecule has 2 aromatic rings. The van der Waals surface area contributed by atoms with Gasteiger partial charge in [-0.15, -0.1) is 0 Å². The number of benzene rings is 2. The number of hydrogen-bond donors (Lipinski definition) is 1. The summed E-state index contributed by atoms with van der Waals surface area (Å²) < 4.78 is 43.5. The molecule has 1 heterocycles. The lowest BCUT2D eigenvalue weighted by molar-refractivity contribution is -0.121. The van der Waals surface area contributed by atoms with Crippen LogP contribution in [-0.2, 0) is 17.9 Å². The summed E-state index contributed by atoms with van der Waals surface area (Å²) in [4.78, 5) is 14.4. The van der Waals surface area contributed by atoms with Crippen LogP contribution in [-0.4, -0.2) is 30.5 Å². The highest BCUT2D eigenvalue weighted by molar-refractivity contribution is 5.75. The van der Waals surface area contributed by atoms with Gasteiger partial charge in [-0.05, 0) is 43.9 Å². The second kappa shape index (κ2) is 11.0. The molecule has 2 aromatic carbocycles. The van der Waals surface area contributed by atoms with Crippen molar-refractivity contribution in [2.24, 2.45) is 5.92 Å². The van der Waals surface area contributed by atoms with Gasteiger partial charge in [0.05, 0.1) is 0 Å². The van der Waals surface area contributed by atoms with Gasteiger partial charge in [0.2, 0.25) is 5.91 Å². The largest absolute Gasteiger partial charge is 0.434 e. The van der Waals surface area contributed by atoms with Crippen LogP contribution >= 0.6 is 0 Å². The smallest absolute Gasteiger partial charge is 0.387 e. The Morgan fingerprint density at radius 1 is 1.13 bits per heavy atom. The molecule has 7 heteroatoms. The molecule has 162 valence electrons. The van der Waals surface area contributed by atoms with E-state index in [1.807, 2.05) is 6.07 Å². The number of hydrogen-bond acceptors (Lipinski definition) is 3. The number of carbonyl (C=O) groups is 1. The Labute approximate surface area is 175 Å². The maximum atomic E-state index is 13.6. The van der Waals surface area contributed by atoms with Crippen molar-refractivity contribution >= 4 is 5.91 Å². The summed E-state index contributed by atoms with van der Waals surface area (Å²) in [5.41, 5.74) is 1.21. The Hall–Kier alpha value is -2.54. The van der Waals surface area contributed by atoms with Crippen molar-refractivity contribution in [2.45, 2.75) is 45.4 Å². The van der Waals surface area contributed by atoms with Crippen molar-refractivity contribution in [2.75, 3.05) is 13.1 Å². The molecule has 1 saturated heterocycles. The highest BCUT2D eigenvalue weighted by atomic mass is 19.3. The molecule has 0 radical (unpaired) electrons. The summed E-state index contributed by atoms with van der Waals surface area (Å²) in [6, 6.07) is 13.3. The van der Waals surface area contributed by atoms with Gasteiger partial charge in [0, 0.05) is 37.2 Å². The molecular weight excluding hydrogens is 393 g/mol. The summed E-state index contributed by atoms with van der Waals surface area (Å²) in [7, 11) is 0. The third-order valence-electron chi connectivity index (χ3n) is 5.40. The zero-order valence-electron chi connectivity index (χ0n) is 16.8. The molecule has 1 fully saturated rings. The summed E-state index contributed by atoms with van der Waals surface area (Å²) in [6.07, 6.45) is 3.17. The van der Waals surface area contributed by atoms with Crippen LogP contribution in [0.3, 0.4) is 0 Å². The molecule has 1 aliphatic heterocycles. The van der Waals surface area contributed by atoms with Gasteiger partial charge in [0.25, 0.3) is 0 Å². The molecule has 0 spiro atoms. The van der Waals surface area contributed by atoms with Gasteiger partial charge >= 0.3 is 6.61 Å². The first-order chi connectivity index (χ1) is 14.5. The van der Waals surface area contributed by atoms with Gasteiger partial charge in [0.15, 0.2) is 0 Å². The summed E-state index contributed by atoms with van der Waals surface area (Å²) in [6.45, 7) is -0.423. The highest BCUT2D eigenvalue weighted by Crippen LogP contribution is 2.26. The van der Waals surface area contributed by atoms with Crippen molar-refractivity contribution < 1.29 is 22.7 Å². The Bertz CT molecular complexity index is 832. The van der Waals surface area contributed by atoms with E-state index in [1.165, 1.54) is 6.07 Å². The van der Waals surface area contributed by atoms with Crippen molar-refractivity contribution in [3.05, 3.63) is 65.5 Å². The molecule has 4 nitrogen and oxygen atoms in total. The number of nitrogens with zero attached hydrogens (tertiary/aromatic N) is 1. The molecule has 1 N–H and O–H groups in total. The van der Waals surface area contributed by atoms with Crippen LogP contribution in [0.4, 0.5) is 13.2 Å². The summed E-state index contributed by atoms with van der Waals surface area (Å²) in [5, 5.41) is 2.78. The molecule has 30 heavy (non-hydrogen) atoms. The molecule has 0 saturated carbocycles. The Kier molecular flexibility index (Phi) is 8.13. The van der Waals surface area contributed by atoms with E-state index < -0.39 is 6.61 Å². The Balaban J connectivity index is 1.45. The Morgan fingerprint density at radius 2 is 1.87 bits per heavy atom. The van der Waals surface area contributed by atoms with E-state index in [0.717, 1.165) is 37.9 Å². The normalized spacial score (nSPS) is 17.1. The first-order valence-electron chi connectivity index (χ1n) is 10.3. The minimum absolute atomic E-state index is 0.0916. The van der Waals surface area contributed by atoms with Gasteiger partial charge in [-0.3, -0.25) is 9.69 Å². The number of halogens is 3. The second-order valence-electron chi connectivity index (χ2n) is 7.64. The quantitative estimate of drug-likeness (QED) is 0.637. The molecule has 1 atom stereocenters. The number of para-hydroxylation sites is 1. The van der Waals surface area contributed by atoms with Crippen molar-refractivity contribution in [1.82, 2.24) is 10.2 Å². The van der Waals surface area contributed by atoms with Gasteiger partial charge in [0.1, 0.15) is 11.6 Å². The number of piperidine rings is 1. The molecular formula is C23H27F3N2O2. The van der Waals surface area contributed by atoms with E-state index >= 15 is 0 Å². The number of likely N-dealkylation sites (tertiary alicyclic amines) is 1. The predicted octanol–water partition coefficient (Wildman–Crippen LogP) is 4.74. The van der Waals surface area contributed by atoms with E-state index in [-0.39, 0.29) is 24.0 Å². The van der Waals surface area contributed by atoms with Crippen molar-refractivity contribution in [1.29, 1.82) is 0 Å². The topological polar surface area (TPSA) is 41.6 Å². The third kappa shape index (κ3) is 6.76.